The molecule has 78 valence electrons. The molecule has 0 aromatic heterocycles. The quantitative estimate of drug-likeness (QED) is 0.664. The van der Waals surface area contributed by atoms with Gasteiger partial charge in [-0.2, -0.15) is 0 Å². The van der Waals surface area contributed by atoms with E-state index in [1.165, 1.54) is 0 Å². The first kappa shape index (κ1) is 12.8. The Balaban J connectivity index is 3.46. The Kier molecular flexibility index (Phi) is 7.06. The van der Waals surface area contributed by atoms with Crippen LogP contribution in [0.5, 0.6) is 0 Å². The molecule has 0 spiro atoms. The van der Waals surface area contributed by atoms with Crippen LogP contribution in [-0.4, -0.2) is 17.8 Å². The maximum atomic E-state index is 11.2. The van der Waals surface area contributed by atoms with Gasteiger partial charge in [0, 0.05) is 13.0 Å². The van der Waals surface area contributed by atoms with E-state index >= 15 is 0 Å². The molecule has 13 heavy (non-hydrogen) atoms. The average molecular weight is 206 g/mol. The maximum absolute atomic E-state index is 11.2. The van der Waals surface area contributed by atoms with Crippen LogP contribution in [0.4, 0.5) is 0 Å². The fourth-order valence-corrected chi connectivity index (χ4v) is 1.38. The summed E-state index contributed by atoms with van der Waals surface area (Å²) >= 11 is 5.95. The summed E-state index contributed by atoms with van der Waals surface area (Å²) in [5.41, 5.74) is 0. The third-order valence-electron chi connectivity index (χ3n) is 1.72. The van der Waals surface area contributed by atoms with Gasteiger partial charge in [-0.05, 0) is 12.3 Å². The number of amides is 1. The molecule has 1 unspecified atom stereocenters. The number of halogens is 1. The van der Waals surface area contributed by atoms with Crippen molar-refractivity contribution >= 4 is 17.5 Å². The van der Waals surface area contributed by atoms with Gasteiger partial charge in [-0.25, -0.2) is 0 Å². The Bertz CT molecular complexity index is 148. The van der Waals surface area contributed by atoms with Gasteiger partial charge in [0.25, 0.3) is 0 Å². The minimum absolute atomic E-state index is 0.0844. The fraction of sp³-hybridized carbons (Fsp3) is 0.900. The predicted octanol–water partition coefficient (Wildman–Crippen LogP) is 2.56. The van der Waals surface area contributed by atoms with Crippen molar-refractivity contribution in [1.29, 1.82) is 0 Å². The van der Waals surface area contributed by atoms with E-state index < -0.39 is 0 Å². The molecule has 0 aromatic rings. The number of hydrogen-bond donors (Lipinski definition) is 1. The largest absolute Gasteiger partial charge is 0.355 e. The Morgan fingerprint density at radius 1 is 1.46 bits per heavy atom. The van der Waals surface area contributed by atoms with E-state index in [2.05, 4.69) is 12.2 Å². The molecule has 0 saturated heterocycles. The number of nitrogens with one attached hydrogen (secondary N) is 1. The maximum Gasteiger partial charge on any atom is 0.220 e. The second kappa shape index (κ2) is 7.19. The smallest absolute Gasteiger partial charge is 0.220 e. The van der Waals surface area contributed by atoms with Crippen molar-refractivity contribution in [3.05, 3.63) is 0 Å². The van der Waals surface area contributed by atoms with Gasteiger partial charge in [-0.3, -0.25) is 4.79 Å². The summed E-state index contributed by atoms with van der Waals surface area (Å²) in [7, 11) is 0. The molecule has 1 atom stereocenters. The van der Waals surface area contributed by atoms with E-state index in [4.69, 9.17) is 11.6 Å². The highest BCUT2D eigenvalue weighted by atomic mass is 35.5. The summed E-state index contributed by atoms with van der Waals surface area (Å²) in [6, 6.07) is 0. The van der Waals surface area contributed by atoms with E-state index in [1.54, 1.807) is 0 Å². The second-order valence-corrected chi connectivity index (χ2v) is 4.41. The summed E-state index contributed by atoms with van der Waals surface area (Å²) in [4.78, 5) is 11.2. The van der Waals surface area contributed by atoms with Gasteiger partial charge >= 0.3 is 0 Å². The van der Waals surface area contributed by atoms with Crippen LogP contribution in [0.15, 0.2) is 0 Å². The predicted molar refractivity (Wildman–Crippen MR) is 57.0 cm³/mol. The third-order valence-corrected chi connectivity index (χ3v) is 2.09. The molecule has 0 aromatic carbocycles. The minimum Gasteiger partial charge on any atom is -0.355 e. The summed E-state index contributed by atoms with van der Waals surface area (Å²) in [6.07, 6.45) is 2.62. The van der Waals surface area contributed by atoms with Crippen molar-refractivity contribution in [2.24, 2.45) is 5.92 Å². The fourth-order valence-electron chi connectivity index (χ4n) is 1.08. The van der Waals surface area contributed by atoms with Gasteiger partial charge < -0.3 is 5.32 Å². The van der Waals surface area contributed by atoms with Crippen LogP contribution in [0.3, 0.4) is 0 Å². The lowest BCUT2D eigenvalue weighted by Gasteiger charge is -2.10. The monoisotopic (exact) mass is 205 g/mol. The lowest BCUT2D eigenvalue weighted by atomic mass is 10.1. The molecule has 0 bridgehead atoms. The van der Waals surface area contributed by atoms with Gasteiger partial charge in [0.2, 0.25) is 5.91 Å². The van der Waals surface area contributed by atoms with E-state index in [1.807, 2.05) is 13.8 Å². The van der Waals surface area contributed by atoms with Crippen LogP contribution in [0.25, 0.3) is 0 Å². The lowest BCUT2D eigenvalue weighted by Crippen LogP contribution is -2.30. The van der Waals surface area contributed by atoms with Crippen molar-refractivity contribution in [3.63, 3.8) is 0 Å². The summed E-state index contributed by atoms with van der Waals surface area (Å²) in [6.45, 7) is 6.75. The van der Waals surface area contributed by atoms with Crippen LogP contribution >= 0.6 is 11.6 Å². The number of carbonyl (C=O) groups excluding carboxylic acids is 1. The molecule has 0 heterocycles. The first-order chi connectivity index (χ1) is 6.06. The Labute approximate surface area is 86.0 Å². The molecule has 0 aliphatic carbocycles. The number of hydrogen-bond acceptors (Lipinski definition) is 1. The molecule has 3 heteroatoms. The molecule has 0 aliphatic rings. The summed E-state index contributed by atoms with van der Waals surface area (Å²) in [5, 5.41) is 2.91. The van der Waals surface area contributed by atoms with Crippen molar-refractivity contribution < 1.29 is 4.79 Å². The van der Waals surface area contributed by atoms with Crippen LogP contribution in [-0.2, 0) is 4.79 Å². The molecule has 0 rings (SSSR count). The third kappa shape index (κ3) is 8.10. The zero-order valence-corrected chi connectivity index (χ0v) is 9.53. The van der Waals surface area contributed by atoms with E-state index in [9.17, 15) is 4.79 Å². The molecule has 1 N–H and O–H groups in total. The first-order valence-electron chi connectivity index (χ1n) is 4.97. The van der Waals surface area contributed by atoms with Crippen molar-refractivity contribution in [2.75, 3.05) is 6.54 Å². The van der Waals surface area contributed by atoms with Crippen molar-refractivity contribution in [1.82, 2.24) is 5.32 Å². The van der Waals surface area contributed by atoms with E-state index in [-0.39, 0.29) is 11.3 Å². The van der Waals surface area contributed by atoms with Gasteiger partial charge in [0.05, 0.1) is 5.38 Å². The normalized spacial score (nSPS) is 13.0. The van der Waals surface area contributed by atoms with Gasteiger partial charge in [0.1, 0.15) is 0 Å². The molecule has 0 aliphatic heterocycles. The van der Waals surface area contributed by atoms with Crippen LogP contribution in [0.1, 0.15) is 40.0 Å². The molecule has 1 amide bonds. The number of rotatable bonds is 6. The molecule has 0 saturated carbocycles. The summed E-state index contributed by atoms with van der Waals surface area (Å²) in [5.74, 6) is 0.525. The zero-order chi connectivity index (χ0) is 10.3. The molecular formula is C10H20ClNO. The topological polar surface area (TPSA) is 29.1 Å². The van der Waals surface area contributed by atoms with E-state index in [0.717, 1.165) is 12.8 Å². The van der Waals surface area contributed by atoms with Crippen LogP contribution in [0, 0.1) is 5.92 Å². The molecular weight excluding hydrogens is 186 g/mol. The van der Waals surface area contributed by atoms with Crippen molar-refractivity contribution in [2.45, 2.75) is 45.4 Å². The molecule has 2 nitrogen and oxygen atoms in total. The summed E-state index contributed by atoms with van der Waals surface area (Å²) < 4.78 is 0. The Morgan fingerprint density at radius 2 is 2.08 bits per heavy atom. The van der Waals surface area contributed by atoms with Gasteiger partial charge in [0.15, 0.2) is 0 Å². The highest BCUT2D eigenvalue weighted by Crippen LogP contribution is 2.04. The average Bonchev–Trinajstić information content (AvgIpc) is 2.00. The SMILES string of the molecule is CCCC(Cl)CNC(=O)CC(C)C. The van der Waals surface area contributed by atoms with Gasteiger partial charge in [-0.1, -0.05) is 27.2 Å². The highest BCUT2D eigenvalue weighted by Gasteiger charge is 2.07. The second-order valence-electron chi connectivity index (χ2n) is 3.79. The highest BCUT2D eigenvalue weighted by molar-refractivity contribution is 6.20. The minimum atomic E-state index is 0.0844. The Hall–Kier alpha value is -0.240. The van der Waals surface area contributed by atoms with E-state index in [0.29, 0.717) is 18.9 Å². The Morgan fingerprint density at radius 3 is 2.54 bits per heavy atom. The van der Waals surface area contributed by atoms with Gasteiger partial charge in [-0.15, -0.1) is 11.6 Å². The molecule has 0 fully saturated rings. The molecule has 0 radical (unpaired) electrons. The first-order valence-corrected chi connectivity index (χ1v) is 5.40. The standard InChI is InChI=1S/C10H20ClNO/c1-4-5-9(11)7-12-10(13)6-8(2)3/h8-9H,4-7H2,1-3H3,(H,12,13). The zero-order valence-electron chi connectivity index (χ0n) is 8.77. The van der Waals surface area contributed by atoms with Crippen molar-refractivity contribution in [3.8, 4) is 0 Å². The number of carbonyl (C=O) groups is 1. The van der Waals surface area contributed by atoms with Crippen LogP contribution < -0.4 is 5.32 Å². The lowest BCUT2D eigenvalue weighted by molar-refractivity contribution is -0.121. The number of alkyl halides is 1. The van der Waals surface area contributed by atoms with Crippen LogP contribution in [0.2, 0.25) is 0 Å².